The number of hydrogen-bond donors (Lipinski definition) is 0. The highest BCUT2D eigenvalue weighted by molar-refractivity contribution is 5.66. The van der Waals surface area contributed by atoms with Gasteiger partial charge in [0.05, 0.1) is 6.26 Å². The molecule has 0 amide bonds. The van der Waals surface area contributed by atoms with Crippen LogP contribution < -0.4 is 0 Å². The third-order valence-corrected chi connectivity index (χ3v) is 3.09. The molecule has 0 aromatic carbocycles. The number of hydrogen-bond acceptors (Lipinski definition) is 2. The predicted octanol–water partition coefficient (Wildman–Crippen LogP) is 4.84. The van der Waals surface area contributed by atoms with E-state index in [-0.39, 0.29) is 5.97 Å². The molecule has 2 nitrogen and oxygen atoms in total. The summed E-state index contributed by atoms with van der Waals surface area (Å²) in [5.41, 5.74) is 0. The van der Waals surface area contributed by atoms with Gasteiger partial charge in [0.2, 0.25) is 0 Å². The first-order valence-electron chi connectivity index (χ1n) is 6.99. The van der Waals surface area contributed by atoms with Gasteiger partial charge in [0.1, 0.15) is 0 Å². The maximum absolute atomic E-state index is 10.5. The second kappa shape index (κ2) is 11.7. The Morgan fingerprint density at radius 3 is 2.47 bits per heavy atom. The van der Waals surface area contributed by atoms with Crippen LogP contribution in [0, 0.1) is 5.92 Å². The molecular formula is C15H28O2. The van der Waals surface area contributed by atoms with Gasteiger partial charge in [-0.1, -0.05) is 52.4 Å². The Balaban J connectivity index is 3.13. The van der Waals surface area contributed by atoms with Crippen molar-refractivity contribution >= 4 is 5.97 Å². The summed E-state index contributed by atoms with van der Waals surface area (Å²) in [7, 11) is 0. The molecule has 0 saturated carbocycles. The molecule has 0 heterocycles. The Bertz CT molecular complexity index is 209. The fourth-order valence-corrected chi connectivity index (χ4v) is 1.70. The van der Waals surface area contributed by atoms with E-state index in [0.29, 0.717) is 0 Å². The van der Waals surface area contributed by atoms with Crippen molar-refractivity contribution in [2.45, 2.75) is 72.1 Å². The summed E-state index contributed by atoms with van der Waals surface area (Å²) in [5, 5.41) is 0. The van der Waals surface area contributed by atoms with Crippen LogP contribution in [0.4, 0.5) is 0 Å². The Kier molecular flexibility index (Phi) is 11.1. The van der Waals surface area contributed by atoms with Crippen molar-refractivity contribution in [1.82, 2.24) is 0 Å². The second-order valence-corrected chi connectivity index (χ2v) is 4.84. The minimum absolute atomic E-state index is 0.244. The van der Waals surface area contributed by atoms with Crippen LogP contribution in [-0.4, -0.2) is 5.97 Å². The van der Waals surface area contributed by atoms with Gasteiger partial charge < -0.3 is 4.74 Å². The summed E-state index contributed by atoms with van der Waals surface area (Å²) in [6.45, 7) is 6.02. The lowest BCUT2D eigenvalue weighted by atomic mass is 10.00. The maximum Gasteiger partial charge on any atom is 0.307 e. The van der Waals surface area contributed by atoms with Crippen LogP contribution in [0.15, 0.2) is 12.3 Å². The standard InChI is InChI=1S/C15H28O2/c1-4-14(2)12-10-8-6-5-7-9-11-13-17-15(3)16/h11,13-14H,4-10,12H2,1-3H3. The third-order valence-electron chi connectivity index (χ3n) is 3.09. The quantitative estimate of drug-likeness (QED) is 0.310. The number of unbranched alkanes of at least 4 members (excludes halogenated alkanes) is 5. The van der Waals surface area contributed by atoms with Gasteiger partial charge in [-0.3, -0.25) is 4.79 Å². The molecule has 0 aliphatic heterocycles. The SMILES string of the molecule is CCC(C)CCCCCCCC=COC(C)=O. The normalized spacial score (nSPS) is 12.9. The molecule has 17 heavy (non-hydrogen) atoms. The van der Waals surface area contributed by atoms with Crippen molar-refractivity contribution in [2.75, 3.05) is 0 Å². The summed E-state index contributed by atoms with van der Waals surface area (Å²) >= 11 is 0. The molecule has 0 radical (unpaired) electrons. The van der Waals surface area contributed by atoms with Gasteiger partial charge in [0.15, 0.2) is 0 Å². The molecule has 0 aliphatic rings. The summed E-state index contributed by atoms with van der Waals surface area (Å²) in [6, 6.07) is 0. The van der Waals surface area contributed by atoms with Crippen molar-refractivity contribution in [1.29, 1.82) is 0 Å². The Labute approximate surface area is 106 Å². The van der Waals surface area contributed by atoms with Crippen LogP contribution in [0.25, 0.3) is 0 Å². The average Bonchev–Trinajstić information content (AvgIpc) is 2.30. The molecule has 0 bridgehead atoms. The molecule has 0 fully saturated rings. The largest absolute Gasteiger partial charge is 0.435 e. The molecule has 0 aliphatic carbocycles. The third kappa shape index (κ3) is 13.1. The van der Waals surface area contributed by atoms with Crippen LogP contribution in [0.1, 0.15) is 72.1 Å². The Morgan fingerprint density at radius 1 is 1.18 bits per heavy atom. The molecule has 0 N–H and O–H groups in total. The zero-order chi connectivity index (χ0) is 12.9. The molecule has 0 aromatic heterocycles. The van der Waals surface area contributed by atoms with E-state index < -0.39 is 0 Å². The van der Waals surface area contributed by atoms with Gasteiger partial charge in [-0.05, 0) is 24.8 Å². The lowest BCUT2D eigenvalue weighted by molar-refractivity contribution is -0.135. The minimum Gasteiger partial charge on any atom is -0.435 e. The Hall–Kier alpha value is -0.790. The molecule has 2 heteroatoms. The van der Waals surface area contributed by atoms with Gasteiger partial charge in [-0.15, -0.1) is 0 Å². The van der Waals surface area contributed by atoms with E-state index in [2.05, 4.69) is 13.8 Å². The zero-order valence-corrected chi connectivity index (χ0v) is 11.7. The maximum atomic E-state index is 10.5. The Morgan fingerprint density at radius 2 is 1.82 bits per heavy atom. The van der Waals surface area contributed by atoms with Gasteiger partial charge >= 0.3 is 5.97 Å². The molecule has 0 aromatic rings. The molecule has 100 valence electrons. The number of ether oxygens (including phenoxy) is 1. The van der Waals surface area contributed by atoms with E-state index in [1.54, 1.807) is 0 Å². The first-order valence-corrected chi connectivity index (χ1v) is 6.99. The van der Waals surface area contributed by atoms with E-state index >= 15 is 0 Å². The highest BCUT2D eigenvalue weighted by Crippen LogP contribution is 2.14. The summed E-state index contributed by atoms with van der Waals surface area (Å²) in [4.78, 5) is 10.5. The topological polar surface area (TPSA) is 26.3 Å². The smallest absolute Gasteiger partial charge is 0.307 e. The second-order valence-electron chi connectivity index (χ2n) is 4.84. The highest BCUT2D eigenvalue weighted by atomic mass is 16.5. The van der Waals surface area contributed by atoms with Gasteiger partial charge in [-0.2, -0.15) is 0 Å². The molecule has 0 rings (SSSR count). The first kappa shape index (κ1) is 16.2. The van der Waals surface area contributed by atoms with Crippen LogP contribution >= 0.6 is 0 Å². The van der Waals surface area contributed by atoms with Gasteiger partial charge in [0, 0.05) is 6.92 Å². The van der Waals surface area contributed by atoms with Gasteiger partial charge in [0.25, 0.3) is 0 Å². The first-order chi connectivity index (χ1) is 8.16. The van der Waals surface area contributed by atoms with E-state index in [1.807, 2.05) is 6.08 Å². The van der Waals surface area contributed by atoms with Crippen molar-refractivity contribution < 1.29 is 9.53 Å². The summed E-state index contributed by atoms with van der Waals surface area (Å²) < 4.78 is 4.71. The lowest BCUT2D eigenvalue weighted by Gasteiger charge is -2.07. The van der Waals surface area contributed by atoms with Crippen LogP contribution in [-0.2, 0) is 9.53 Å². The molecule has 1 unspecified atom stereocenters. The average molecular weight is 240 g/mol. The van der Waals surface area contributed by atoms with Gasteiger partial charge in [-0.25, -0.2) is 0 Å². The fourth-order valence-electron chi connectivity index (χ4n) is 1.70. The number of carbonyl (C=O) groups is 1. The monoisotopic (exact) mass is 240 g/mol. The van der Waals surface area contributed by atoms with Crippen molar-refractivity contribution in [3.8, 4) is 0 Å². The van der Waals surface area contributed by atoms with Crippen LogP contribution in [0.2, 0.25) is 0 Å². The fraction of sp³-hybridized carbons (Fsp3) is 0.800. The summed E-state index contributed by atoms with van der Waals surface area (Å²) in [6.07, 6.45) is 13.7. The zero-order valence-electron chi connectivity index (χ0n) is 11.7. The van der Waals surface area contributed by atoms with Crippen molar-refractivity contribution in [3.63, 3.8) is 0 Å². The molecule has 1 atom stereocenters. The van der Waals surface area contributed by atoms with Crippen molar-refractivity contribution in [2.24, 2.45) is 5.92 Å². The van der Waals surface area contributed by atoms with E-state index in [4.69, 9.17) is 4.74 Å². The molecular weight excluding hydrogens is 212 g/mol. The number of allylic oxidation sites excluding steroid dienone is 1. The predicted molar refractivity (Wildman–Crippen MR) is 72.7 cm³/mol. The van der Waals surface area contributed by atoms with Crippen LogP contribution in [0.3, 0.4) is 0 Å². The number of esters is 1. The van der Waals surface area contributed by atoms with E-state index in [1.165, 1.54) is 58.1 Å². The minimum atomic E-state index is -0.244. The molecule has 0 spiro atoms. The number of carbonyl (C=O) groups excluding carboxylic acids is 1. The molecule has 0 saturated heterocycles. The lowest BCUT2D eigenvalue weighted by Crippen LogP contribution is -1.91. The summed E-state index contributed by atoms with van der Waals surface area (Å²) in [5.74, 6) is 0.646. The van der Waals surface area contributed by atoms with Crippen LogP contribution in [0.5, 0.6) is 0 Å². The number of rotatable bonds is 10. The van der Waals surface area contributed by atoms with Crippen molar-refractivity contribution in [3.05, 3.63) is 12.3 Å². The van der Waals surface area contributed by atoms with E-state index in [0.717, 1.165) is 12.3 Å². The highest BCUT2D eigenvalue weighted by Gasteiger charge is 1.97. The van der Waals surface area contributed by atoms with E-state index in [9.17, 15) is 4.79 Å².